The minimum atomic E-state index is -0.316. The van der Waals surface area contributed by atoms with Crippen LogP contribution in [0.25, 0.3) is 10.2 Å². The lowest BCUT2D eigenvalue weighted by Crippen LogP contribution is -2.43. The number of benzene rings is 1. The maximum absolute atomic E-state index is 12.5. The van der Waals surface area contributed by atoms with E-state index in [0.29, 0.717) is 11.7 Å². The quantitative estimate of drug-likeness (QED) is 0.832. The number of ether oxygens (including phenoxy) is 2. The minimum absolute atomic E-state index is 0.00193. The van der Waals surface area contributed by atoms with Crippen LogP contribution in [-0.4, -0.2) is 41.8 Å². The molecule has 1 aliphatic carbocycles. The molecule has 1 saturated carbocycles. The summed E-state index contributed by atoms with van der Waals surface area (Å²) in [4.78, 5) is 30.4. The standard InChI is InChI=1S/C17H17N3O4S/c1-8(21)24-12-3-2-10-15(12)20(16(22)18-10)17-19-14-9-6-7-23-11(9)4-5-13(14)25-17/h4-5,10,12,15H,2-3,6-7H2,1H3,(H,18,22)/t10-,12-,15-/m1/s1. The summed E-state index contributed by atoms with van der Waals surface area (Å²) < 4.78 is 12.1. The second-order valence-corrected chi connectivity index (χ2v) is 7.63. The summed E-state index contributed by atoms with van der Waals surface area (Å²) in [7, 11) is 0. The number of carbonyl (C=O) groups is 2. The minimum Gasteiger partial charge on any atom is -0.493 e. The number of aromatic nitrogens is 1. The first-order valence-electron chi connectivity index (χ1n) is 8.44. The smallest absolute Gasteiger partial charge is 0.324 e. The Kier molecular flexibility index (Phi) is 3.18. The molecule has 0 radical (unpaired) electrons. The van der Waals surface area contributed by atoms with E-state index in [1.165, 1.54) is 18.3 Å². The van der Waals surface area contributed by atoms with Crippen LogP contribution in [-0.2, 0) is 16.0 Å². The normalized spacial score (nSPS) is 27.2. The number of rotatable bonds is 2. The predicted molar refractivity (Wildman–Crippen MR) is 92.2 cm³/mol. The molecule has 1 saturated heterocycles. The summed E-state index contributed by atoms with van der Waals surface area (Å²) in [5.74, 6) is 0.566. The highest BCUT2D eigenvalue weighted by Crippen LogP contribution is 2.41. The van der Waals surface area contributed by atoms with E-state index >= 15 is 0 Å². The molecular formula is C17H17N3O4S. The maximum Gasteiger partial charge on any atom is 0.324 e. The van der Waals surface area contributed by atoms with E-state index in [1.807, 2.05) is 12.1 Å². The van der Waals surface area contributed by atoms with Crippen molar-refractivity contribution in [3.63, 3.8) is 0 Å². The van der Waals surface area contributed by atoms with Crippen LogP contribution in [0, 0.1) is 0 Å². The maximum atomic E-state index is 12.5. The van der Waals surface area contributed by atoms with Crippen molar-refractivity contribution < 1.29 is 19.1 Å². The fourth-order valence-corrected chi connectivity index (χ4v) is 5.17. The Balaban J connectivity index is 1.56. The summed E-state index contributed by atoms with van der Waals surface area (Å²) >= 11 is 1.49. The van der Waals surface area contributed by atoms with E-state index in [0.717, 1.165) is 40.8 Å². The van der Waals surface area contributed by atoms with Crippen molar-refractivity contribution in [2.45, 2.75) is 44.4 Å². The Morgan fingerprint density at radius 2 is 2.32 bits per heavy atom. The van der Waals surface area contributed by atoms with Gasteiger partial charge in [0, 0.05) is 18.9 Å². The SMILES string of the molecule is CC(=O)O[C@@H]1CC[C@H]2NC(=O)N(c3nc4c5c(ccc4s3)OCC5)[C@H]21. The molecule has 2 fully saturated rings. The molecule has 5 rings (SSSR count). The van der Waals surface area contributed by atoms with Crippen LogP contribution >= 0.6 is 11.3 Å². The van der Waals surface area contributed by atoms with Crippen LogP contribution in [0.4, 0.5) is 9.93 Å². The molecule has 25 heavy (non-hydrogen) atoms. The zero-order valence-electron chi connectivity index (χ0n) is 13.7. The third-order valence-corrected chi connectivity index (χ3v) is 6.15. The fraction of sp³-hybridized carbons (Fsp3) is 0.471. The zero-order valence-corrected chi connectivity index (χ0v) is 14.5. The number of esters is 1. The number of nitrogens with one attached hydrogen (secondary N) is 1. The van der Waals surface area contributed by atoms with Gasteiger partial charge in [0.05, 0.1) is 28.9 Å². The first-order chi connectivity index (χ1) is 12.1. The number of urea groups is 1. The summed E-state index contributed by atoms with van der Waals surface area (Å²) in [5, 5.41) is 3.65. The second-order valence-electron chi connectivity index (χ2n) is 6.63. The first-order valence-corrected chi connectivity index (χ1v) is 9.25. The molecule has 7 nitrogen and oxygen atoms in total. The van der Waals surface area contributed by atoms with Crippen molar-refractivity contribution in [1.29, 1.82) is 0 Å². The molecule has 3 aliphatic rings. The molecule has 130 valence electrons. The Bertz CT molecular complexity index is 895. The number of fused-ring (bicyclic) bond motifs is 4. The van der Waals surface area contributed by atoms with Crippen molar-refractivity contribution in [2.24, 2.45) is 0 Å². The third-order valence-electron chi connectivity index (χ3n) is 5.13. The largest absolute Gasteiger partial charge is 0.493 e. The summed E-state index contributed by atoms with van der Waals surface area (Å²) in [6.45, 7) is 2.08. The van der Waals surface area contributed by atoms with E-state index < -0.39 is 0 Å². The lowest BCUT2D eigenvalue weighted by molar-refractivity contribution is -0.146. The number of carbonyl (C=O) groups excluding carboxylic acids is 2. The van der Waals surface area contributed by atoms with Gasteiger partial charge in [-0.05, 0) is 25.0 Å². The zero-order chi connectivity index (χ0) is 17.1. The summed E-state index contributed by atoms with van der Waals surface area (Å²) in [6, 6.07) is 3.60. The van der Waals surface area contributed by atoms with Gasteiger partial charge in [-0.15, -0.1) is 0 Å². The van der Waals surface area contributed by atoms with Gasteiger partial charge in [-0.1, -0.05) is 11.3 Å². The van der Waals surface area contributed by atoms with E-state index in [-0.39, 0.29) is 30.2 Å². The van der Waals surface area contributed by atoms with E-state index in [2.05, 4.69) is 5.32 Å². The van der Waals surface area contributed by atoms with E-state index in [9.17, 15) is 9.59 Å². The van der Waals surface area contributed by atoms with Gasteiger partial charge < -0.3 is 14.8 Å². The molecule has 3 heterocycles. The van der Waals surface area contributed by atoms with Gasteiger partial charge in [0.1, 0.15) is 11.9 Å². The first kappa shape index (κ1) is 14.9. The highest BCUT2D eigenvalue weighted by Gasteiger charge is 2.51. The molecular weight excluding hydrogens is 342 g/mol. The molecule has 1 N–H and O–H groups in total. The van der Waals surface area contributed by atoms with Crippen LogP contribution < -0.4 is 15.0 Å². The van der Waals surface area contributed by atoms with Gasteiger partial charge in [-0.2, -0.15) is 0 Å². The lowest BCUT2D eigenvalue weighted by Gasteiger charge is -2.25. The number of hydrogen-bond donors (Lipinski definition) is 1. The number of anilines is 1. The van der Waals surface area contributed by atoms with Crippen LogP contribution in [0.2, 0.25) is 0 Å². The number of amides is 2. The highest BCUT2D eigenvalue weighted by atomic mass is 32.1. The summed E-state index contributed by atoms with van der Waals surface area (Å²) in [6.07, 6.45) is 2.10. The third kappa shape index (κ3) is 2.20. The van der Waals surface area contributed by atoms with Crippen molar-refractivity contribution in [1.82, 2.24) is 10.3 Å². The van der Waals surface area contributed by atoms with Crippen LogP contribution in [0.1, 0.15) is 25.3 Å². The van der Waals surface area contributed by atoms with Crippen molar-refractivity contribution in [3.05, 3.63) is 17.7 Å². The summed E-state index contributed by atoms with van der Waals surface area (Å²) in [5.41, 5.74) is 2.02. The Labute approximate surface area is 147 Å². The molecule has 8 heteroatoms. The molecule has 2 aliphatic heterocycles. The monoisotopic (exact) mass is 359 g/mol. The molecule has 0 unspecified atom stereocenters. The Morgan fingerprint density at radius 1 is 1.44 bits per heavy atom. The van der Waals surface area contributed by atoms with Gasteiger partial charge in [-0.3, -0.25) is 9.69 Å². The van der Waals surface area contributed by atoms with Crippen molar-refractivity contribution in [3.8, 4) is 5.75 Å². The molecule has 1 aromatic carbocycles. The van der Waals surface area contributed by atoms with Crippen LogP contribution in [0.15, 0.2) is 12.1 Å². The van der Waals surface area contributed by atoms with E-state index in [1.54, 1.807) is 4.90 Å². The van der Waals surface area contributed by atoms with Crippen LogP contribution in [0.3, 0.4) is 0 Å². The van der Waals surface area contributed by atoms with Gasteiger partial charge in [-0.25, -0.2) is 9.78 Å². The fourth-order valence-electron chi connectivity index (χ4n) is 4.13. The molecule has 1 aromatic heterocycles. The molecule has 0 bridgehead atoms. The molecule has 3 atom stereocenters. The van der Waals surface area contributed by atoms with Crippen molar-refractivity contribution in [2.75, 3.05) is 11.5 Å². The Morgan fingerprint density at radius 3 is 3.16 bits per heavy atom. The van der Waals surface area contributed by atoms with Gasteiger partial charge in [0.25, 0.3) is 0 Å². The predicted octanol–water partition coefficient (Wildman–Crippen LogP) is 2.22. The lowest BCUT2D eigenvalue weighted by atomic mass is 10.1. The van der Waals surface area contributed by atoms with Gasteiger partial charge >= 0.3 is 12.0 Å². The highest BCUT2D eigenvalue weighted by molar-refractivity contribution is 7.22. The van der Waals surface area contributed by atoms with Crippen molar-refractivity contribution >= 4 is 38.7 Å². The number of nitrogens with zero attached hydrogens (tertiary/aromatic N) is 2. The topological polar surface area (TPSA) is 80.8 Å². The number of hydrogen-bond acceptors (Lipinski definition) is 6. The molecule has 2 aromatic rings. The second kappa shape index (κ2) is 5.32. The average molecular weight is 359 g/mol. The molecule has 0 spiro atoms. The number of thiazole rings is 1. The van der Waals surface area contributed by atoms with Gasteiger partial charge in [0.15, 0.2) is 5.13 Å². The van der Waals surface area contributed by atoms with Gasteiger partial charge in [0.2, 0.25) is 0 Å². The van der Waals surface area contributed by atoms with E-state index in [4.69, 9.17) is 14.5 Å². The average Bonchev–Trinajstić information content (AvgIpc) is 3.29. The Hall–Kier alpha value is -2.35. The molecule has 2 amide bonds. The van der Waals surface area contributed by atoms with Crippen LogP contribution in [0.5, 0.6) is 5.75 Å².